The Morgan fingerprint density at radius 1 is 0.727 bits per heavy atom. The van der Waals surface area contributed by atoms with Gasteiger partial charge in [-0.2, -0.15) is 0 Å². The first-order chi connectivity index (χ1) is 5.12. The summed E-state index contributed by atoms with van der Waals surface area (Å²) in [5, 5.41) is 0. The molecule has 0 aromatic rings. The van der Waals surface area contributed by atoms with Crippen LogP contribution < -0.4 is 0 Å². The number of hydrogen-bond acceptors (Lipinski definition) is 0. The highest BCUT2D eigenvalue weighted by molar-refractivity contribution is 4.93. The summed E-state index contributed by atoms with van der Waals surface area (Å²) in [5.74, 6) is 0. The van der Waals surface area contributed by atoms with Gasteiger partial charge in [0.2, 0.25) is 0 Å². The molecule has 2 aliphatic carbocycles. The summed E-state index contributed by atoms with van der Waals surface area (Å²) in [4.78, 5) is 0. The van der Waals surface area contributed by atoms with Crippen LogP contribution in [0.4, 0.5) is 0 Å². The monoisotopic (exact) mass is 152 g/mol. The van der Waals surface area contributed by atoms with Crippen LogP contribution in [-0.4, -0.2) is 0 Å². The molecule has 11 heavy (non-hydrogen) atoms. The molecule has 0 N–H and O–H groups in total. The minimum atomic E-state index is 0.668. The Kier molecular flexibility index (Phi) is 1.56. The summed E-state index contributed by atoms with van der Waals surface area (Å²) >= 11 is 0. The molecule has 1 spiro atoms. The molecule has 0 aromatic carbocycles. The van der Waals surface area contributed by atoms with E-state index in [2.05, 4.69) is 13.8 Å². The molecule has 0 atom stereocenters. The third kappa shape index (κ3) is 1.32. The van der Waals surface area contributed by atoms with E-state index in [1.807, 2.05) is 0 Å². The lowest BCUT2D eigenvalue weighted by Gasteiger charge is -2.49. The van der Waals surface area contributed by atoms with Crippen molar-refractivity contribution in [3.63, 3.8) is 0 Å². The molecule has 0 radical (unpaired) electrons. The van der Waals surface area contributed by atoms with Crippen LogP contribution in [0.1, 0.15) is 58.8 Å². The smallest absolute Gasteiger partial charge is 0.0297 e. The number of hydrogen-bond donors (Lipinski definition) is 0. The van der Waals surface area contributed by atoms with Gasteiger partial charge in [-0.25, -0.2) is 0 Å². The minimum absolute atomic E-state index is 0.668. The molecule has 0 nitrogen and oxygen atoms in total. The first-order valence-corrected chi connectivity index (χ1v) is 5.12. The van der Waals surface area contributed by atoms with E-state index in [1.54, 1.807) is 12.8 Å². The van der Waals surface area contributed by atoms with Crippen molar-refractivity contribution in [2.24, 2.45) is 10.8 Å². The second-order valence-electron chi connectivity index (χ2n) is 5.52. The highest BCUT2D eigenvalue weighted by atomic mass is 14.5. The standard InChI is InChI=1S/C11H20/c1-10(2)6-8-11(9-7-10)4-3-5-11/h3-9H2,1-2H3. The van der Waals surface area contributed by atoms with E-state index in [0.29, 0.717) is 5.41 Å². The van der Waals surface area contributed by atoms with E-state index in [1.165, 1.54) is 32.1 Å². The topological polar surface area (TPSA) is 0 Å². The molecule has 2 rings (SSSR count). The highest BCUT2D eigenvalue weighted by Gasteiger charge is 2.41. The first-order valence-electron chi connectivity index (χ1n) is 5.12. The average molecular weight is 152 g/mol. The fraction of sp³-hybridized carbons (Fsp3) is 1.00. The van der Waals surface area contributed by atoms with Crippen molar-refractivity contribution in [2.45, 2.75) is 58.8 Å². The van der Waals surface area contributed by atoms with E-state index in [-0.39, 0.29) is 0 Å². The van der Waals surface area contributed by atoms with Crippen molar-refractivity contribution in [3.05, 3.63) is 0 Å². The van der Waals surface area contributed by atoms with Gasteiger partial charge in [-0.15, -0.1) is 0 Å². The third-order valence-corrected chi connectivity index (χ3v) is 4.08. The second-order valence-corrected chi connectivity index (χ2v) is 5.52. The van der Waals surface area contributed by atoms with Crippen LogP contribution in [0, 0.1) is 10.8 Å². The van der Waals surface area contributed by atoms with Gasteiger partial charge in [0.05, 0.1) is 0 Å². The predicted octanol–water partition coefficient (Wildman–Crippen LogP) is 3.76. The van der Waals surface area contributed by atoms with Gasteiger partial charge in [0, 0.05) is 0 Å². The molecular weight excluding hydrogens is 132 g/mol. The lowest BCUT2D eigenvalue weighted by Crippen LogP contribution is -2.36. The molecule has 0 heterocycles. The van der Waals surface area contributed by atoms with E-state index in [9.17, 15) is 0 Å². The molecule has 2 fully saturated rings. The molecule has 0 unspecified atom stereocenters. The zero-order chi connectivity index (χ0) is 7.95. The van der Waals surface area contributed by atoms with Gasteiger partial charge in [-0.05, 0) is 49.4 Å². The lowest BCUT2D eigenvalue weighted by atomic mass is 9.56. The van der Waals surface area contributed by atoms with Crippen molar-refractivity contribution in [1.82, 2.24) is 0 Å². The van der Waals surface area contributed by atoms with Crippen LogP contribution in [0.3, 0.4) is 0 Å². The zero-order valence-electron chi connectivity index (χ0n) is 7.95. The van der Waals surface area contributed by atoms with Gasteiger partial charge in [-0.1, -0.05) is 20.3 Å². The Balaban J connectivity index is 1.94. The molecule has 64 valence electrons. The van der Waals surface area contributed by atoms with Gasteiger partial charge in [-0.3, -0.25) is 0 Å². The molecular formula is C11H20. The predicted molar refractivity (Wildman–Crippen MR) is 48.5 cm³/mol. The van der Waals surface area contributed by atoms with Crippen molar-refractivity contribution in [1.29, 1.82) is 0 Å². The third-order valence-electron chi connectivity index (χ3n) is 4.08. The molecule has 2 aliphatic rings. The summed E-state index contributed by atoms with van der Waals surface area (Å²) in [7, 11) is 0. The van der Waals surface area contributed by atoms with Crippen molar-refractivity contribution in [3.8, 4) is 0 Å². The Labute approximate surface area is 70.4 Å². The van der Waals surface area contributed by atoms with Crippen LogP contribution in [0.2, 0.25) is 0 Å². The lowest BCUT2D eigenvalue weighted by molar-refractivity contribution is 0.0290. The second kappa shape index (κ2) is 2.24. The van der Waals surface area contributed by atoms with Crippen molar-refractivity contribution < 1.29 is 0 Å². The van der Waals surface area contributed by atoms with Crippen LogP contribution in [-0.2, 0) is 0 Å². The summed E-state index contributed by atoms with van der Waals surface area (Å²) in [6, 6.07) is 0. The van der Waals surface area contributed by atoms with Gasteiger partial charge >= 0.3 is 0 Å². The van der Waals surface area contributed by atoms with Crippen molar-refractivity contribution in [2.75, 3.05) is 0 Å². The normalized spacial score (nSPS) is 33.3. The van der Waals surface area contributed by atoms with Crippen LogP contribution in [0.25, 0.3) is 0 Å². The maximum atomic E-state index is 2.43. The van der Waals surface area contributed by atoms with Gasteiger partial charge in [0.15, 0.2) is 0 Å². The van der Waals surface area contributed by atoms with E-state index < -0.39 is 0 Å². The Morgan fingerprint density at radius 3 is 1.64 bits per heavy atom. The maximum Gasteiger partial charge on any atom is -0.0297 e. The van der Waals surface area contributed by atoms with Crippen LogP contribution in [0.15, 0.2) is 0 Å². The van der Waals surface area contributed by atoms with Gasteiger partial charge in [0.25, 0.3) is 0 Å². The van der Waals surface area contributed by atoms with E-state index in [0.717, 1.165) is 5.41 Å². The van der Waals surface area contributed by atoms with E-state index >= 15 is 0 Å². The van der Waals surface area contributed by atoms with E-state index in [4.69, 9.17) is 0 Å². The van der Waals surface area contributed by atoms with Crippen LogP contribution in [0.5, 0.6) is 0 Å². The molecule has 0 aliphatic heterocycles. The van der Waals surface area contributed by atoms with Crippen molar-refractivity contribution >= 4 is 0 Å². The molecule has 0 heteroatoms. The van der Waals surface area contributed by atoms with Gasteiger partial charge in [0.1, 0.15) is 0 Å². The van der Waals surface area contributed by atoms with Crippen LogP contribution >= 0.6 is 0 Å². The summed E-state index contributed by atoms with van der Waals surface area (Å²) < 4.78 is 0. The zero-order valence-corrected chi connectivity index (χ0v) is 7.95. The fourth-order valence-electron chi connectivity index (χ4n) is 2.63. The summed E-state index contributed by atoms with van der Waals surface area (Å²) in [6.07, 6.45) is 10.6. The molecule has 0 bridgehead atoms. The molecule has 0 saturated heterocycles. The highest BCUT2D eigenvalue weighted by Crippen LogP contribution is 2.55. The Bertz CT molecular complexity index is 139. The number of rotatable bonds is 0. The quantitative estimate of drug-likeness (QED) is 0.496. The minimum Gasteiger partial charge on any atom is -0.0599 e. The fourth-order valence-corrected chi connectivity index (χ4v) is 2.63. The summed E-state index contributed by atoms with van der Waals surface area (Å²) in [5.41, 5.74) is 1.52. The van der Waals surface area contributed by atoms with Gasteiger partial charge < -0.3 is 0 Å². The Morgan fingerprint density at radius 2 is 1.27 bits per heavy atom. The molecule has 0 aromatic heterocycles. The largest absolute Gasteiger partial charge is 0.0599 e. The average Bonchev–Trinajstić information content (AvgIpc) is 1.84. The first kappa shape index (κ1) is 7.64. The molecule has 2 saturated carbocycles. The molecule has 0 amide bonds. The SMILES string of the molecule is CC1(C)CCC2(CCC2)CC1. The Hall–Kier alpha value is 0. The summed E-state index contributed by atoms with van der Waals surface area (Å²) in [6.45, 7) is 4.86. The maximum absolute atomic E-state index is 2.43.